The number of anilines is 1. The van der Waals surface area contributed by atoms with Gasteiger partial charge in [0.05, 0.1) is 0 Å². The fraction of sp³-hybridized carbons (Fsp3) is 0.250. The highest BCUT2D eigenvalue weighted by Gasteiger charge is 2.18. The first-order valence-corrected chi connectivity index (χ1v) is 6.28. The fourth-order valence-electron chi connectivity index (χ4n) is 1.56. The highest BCUT2D eigenvalue weighted by atomic mass is 79.9. The third-order valence-electron chi connectivity index (χ3n) is 2.58. The summed E-state index contributed by atoms with van der Waals surface area (Å²) in [6.45, 7) is 1.94. The minimum Gasteiger partial charge on any atom is -0.321 e. The minimum absolute atomic E-state index is 0.161. The Morgan fingerprint density at radius 1 is 1.44 bits per heavy atom. The highest BCUT2D eigenvalue weighted by molar-refractivity contribution is 9.10. The van der Waals surface area contributed by atoms with Crippen LogP contribution in [0.15, 0.2) is 27.8 Å². The number of hydrogen-bond donors (Lipinski definition) is 2. The Morgan fingerprint density at radius 2 is 2.22 bits per heavy atom. The Morgan fingerprint density at radius 3 is 2.83 bits per heavy atom. The van der Waals surface area contributed by atoms with E-state index in [0.29, 0.717) is 24.2 Å². The lowest BCUT2D eigenvalue weighted by atomic mass is 10.1. The summed E-state index contributed by atoms with van der Waals surface area (Å²) in [5, 5.41) is 6.50. The first-order chi connectivity index (χ1) is 8.56. The van der Waals surface area contributed by atoms with Gasteiger partial charge in [0.15, 0.2) is 0 Å². The number of benzene rings is 1. The van der Waals surface area contributed by atoms with Gasteiger partial charge in [0.25, 0.3) is 5.91 Å². The number of rotatable bonds is 2. The molecule has 1 aromatic rings. The molecule has 5 nitrogen and oxygen atoms in total. The number of nitrogens with zero attached hydrogens (tertiary/aromatic N) is 1. The molecule has 18 heavy (non-hydrogen) atoms. The molecule has 0 aliphatic carbocycles. The van der Waals surface area contributed by atoms with Crippen LogP contribution in [0.4, 0.5) is 5.69 Å². The summed E-state index contributed by atoms with van der Waals surface area (Å²) in [5.74, 6) is -0.442. The molecule has 0 atom stereocenters. The summed E-state index contributed by atoms with van der Waals surface area (Å²) in [6.07, 6.45) is 0.665. The standard InChI is InChI=1S/C12H12BrN3O2/c1-7-6-8(2-3-9(7)13)14-12(18)10-4-5-11(17)16-15-10/h2-3,6H,4-5H2,1H3,(H,14,18)(H,16,17). The maximum Gasteiger partial charge on any atom is 0.271 e. The number of hydrazone groups is 1. The van der Waals surface area contributed by atoms with Gasteiger partial charge in [-0.2, -0.15) is 5.10 Å². The van der Waals surface area contributed by atoms with Crippen molar-refractivity contribution in [3.63, 3.8) is 0 Å². The van der Waals surface area contributed by atoms with Gasteiger partial charge in [-0.15, -0.1) is 0 Å². The molecular formula is C12H12BrN3O2. The van der Waals surface area contributed by atoms with Crippen molar-refractivity contribution in [2.45, 2.75) is 19.8 Å². The molecule has 1 aliphatic heterocycles. The second kappa shape index (κ2) is 5.30. The number of aryl methyl sites for hydroxylation is 1. The van der Waals surface area contributed by atoms with E-state index in [1.165, 1.54) is 0 Å². The second-order valence-corrected chi connectivity index (χ2v) is 4.87. The molecule has 94 valence electrons. The van der Waals surface area contributed by atoms with Crippen molar-refractivity contribution in [2.75, 3.05) is 5.32 Å². The normalized spacial score (nSPS) is 14.8. The monoisotopic (exact) mass is 309 g/mol. The van der Waals surface area contributed by atoms with Gasteiger partial charge >= 0.3 is 0 Å². The molecule has 0 saturated carbocycles. The zero-order valence-electron chi connectivity index (χ0n) is 9.79. The third kappa shape index (κ3) is 2.95. The van der Waals surface area contributed by atoms with Crippen LogP contribution in [0.3, 0.4) is 0 Å². The van der Waals surface area contributed by atoms with Crippen molar-refractivity contribution in [1.82, 2.24) is 5.43 Å². The number of halogens is 1. The minimum atomic E-state index is -0.281. The first kappa shape index (κ1) is 12.8. The summed E-state index contributed by atoms with van der Waals surface area (Å²) in [7, 11) is 0. The molecule has 1 aromatic carbocycles. The molecular weight excluding hydrogens is 298 g/mol. The number of amides is 2. The van der Waals surface area contributed by atoms with Crippen LogP contribution in [-0.4, -0.2) is 17.5 Å². The van der Waals surface area contributed by atoms with Crippen LogP contribution < -0.4 is 10.7 Å². The SMILES string of the molecule is Cc1cc(NC(=O)C2=NNC(=O)CC2)ccc1Br. The average Bonchev–Trinajstić information content (AvgIpc) is 2.34. The molecule has 0 spiro atoms. The van der Waals surface area contributed by atoms with Gasteiger partial charge < -0.3 is 5.32 Å². The fourth-order valence-corrected chi connectivity index (χ4v) is 1.81. The Hall–Kier alpha value is -1.69. The molecule has 2 amide bonds. The highest BCUT2D eigenvalue weighted by Crippen LogP contribution is 2.20. The molecule has 2 rings (SSSR count). The summed E-state index contributed by atoms with van der Waals surface area (Å²) < 4.78 is 0.989. The first-order valence-electron chi connectivity index (χ1n) is 5.49. The number of carbonyl (C=O) groups excluding carboxylic acids is 2. The molecule has 0 bridgehead atoms. The Bertz CT molecular complexity index is 540. The average molecular weight is 310 g/mol. The molecule has 1 aliphatic rings. The predicted molar refractivity (Wildman–Crippen MR) is 72.3 cm³/mol. The van der Waals surface area contributed by atoms with E-state index in [9.17, 15) is 9.59 Å². The van der Waals surface area contributed by atoms with Crippen LogP contribution in [0.5, 0.6) is 0 Å². The van der Waals surface area contributed by atoms with Crippen molar-refractivity contribution in [1.29, 1.82) is 0 Å². The van der Waals surface area contributed by atoms with Gasteiger partial charge in [0, 0.05) is 23.0 Å². The molecule has 1 heterocycles. The van der Waals surface area contributed by atoms with E-state index in [0.717, 1.165) is 10.0 Å². The molecule has 6 heteroatoms. The van der Waals surface area contributed by atoms with Crippen LogP contribution in [-0.2, 0) is 9.59 Å². The zero-order chi connectivity index (χ0) is 13.1. The van der Waals surface area contributed by atoms with E-state index in [1.54, 1.807) is 6.07 Å². The molecule has 0 fully saturated rings. The maximum atomic E-state index is 11.9. The predicted octanol–water partition coefficient (Wildman–Crippen LogP) is 1.96. The van der Waals surface area contributed by atoms with Crippen LogP contribution in [0.2, 0.25) is 0 Å². The van der Waals surface area contributed by atoms with Crippen molar-refractivity contribution in [3.05, 3.63) is 28.2 Å². The van der Waals surface area contributed by atoms with E-state index in [1.807, 2.05) is 19.1 Å². The smallest absolute Gasteiger partial charge is 0.271 e. The van der Waals surface area contributed by atoms with Gasteiger partial charge in [-0.25, -0.2) is 5.43 Å². The van der Waals surface area contributed by atoms with E-state index < -0.39 is 0 Å². The van der Waals surface area contributed by atoms with E-state index in [4.69, 9.17) is 0 Å². The van der Waals surface area contributed by atoms with Gasteiger partial charge in [0.1, 0.15) is 5.71 Å². The topological polar surface area (TPSA) is 70.6 Å². The zero-order valence-corrected chi connectivity index (χ0v) is 11.4. The molecule has 0 radical (unpaired) electrons. The van der Waals surface area contributed by atoms with E-state index in [-0.39, 0.29) is 11.8 Å². The number of carbonyl (C=O) groups is 2. The molecule has 0 saturated heterocycles. The summed E-state index contributed by atoms with van der Waals surface area (Å²) in [5.41, 5.74) is 4.39. The summed E-state index contributed by atoms with van der Waals surface area (Å²) >= 11 is 3.39. The number of nitrogens with one attached hydrogen (secondary N) is 2. The van der Waals surface area contributed by atoms with Crippen LogP contribution in [0.1, 0.15) is 18.4 Å². The van der Waals surface area contributed by atoms with Crippen molar-refractivity contribution >= 4 is 39.1 Å². The summed E-state index contributed by atoms with van der Waals surface area (Å²) in [4.78, 5) is 22.8. The Kier molecular flexibility index (Phi) is 3.76. The summed E-state index contributed by atoms with van der Waals surface area (Å²) in [6, 6.07) is 5.54. The van der Waals surface area contributed by atoms with Crippen LogP contribution in [0, 0.1) is 6.92 Å². The molecule has 2 N–H and O–H groups in total. The van der Waals surface area contributed by atoms with Gasteiger partial charge in [0.2, 0.25) is 5.91 Å². The lowest BCUT2D eigenvalue weighted by Gasteiger charge is -2.12. The largest absolute Gasteiger partial charge is 0.321 e. The second-order valence-electron chi connectivity index (χ2n) is 4.01. The molecule has 0 aromatic heterocycles. The van der Waals surface area contributed by atoms with Crippen molar-refractivity contribution in [3.8, 4) is 0 Å². The van der Waals surface area contributed by atoms with Crippen LogP contribution >= 0.6 is 15.9 Å². The number of hydrogen-bond acceptors (Lipinski definition) is 3. The van der Waals surface area contributed by atoms with Gasteiger partial charge in [-0.1, -0.05) is 15.9 Å². The maximum absolute atomic E-state index is 11.9. The van der Waals surface area contributed by atoms with E-state index >= 15 is 0 Å². The Balaban J connectivity index is 2.07. The van der Waals surface area contributed by atoms with Crippen molar-refractivity contribution in [2.24, 2.45) is 5.10 Å². The van der Waals surface area contributed by atoms with Gasteiger partial charge in [-0.3, -0.25) is 9.59 Å². The lowest BCUT2D eigenvalue weighted by Crippen LogP contribution is -2.32. The van der Waals surface area contributed by atoms with E-state index in [2.05, 4.69) is 31.8 Å². The quantitative estimate of drug-likeness (QED) is 0.876. The Labute approximate surface area is 113 Å². The van der Waals surface area contributed by atoms with Crippen molar-refractivity contribution < 1.29 is 9.59 Å². The molecule has 0 unspecified atom stereocenters. The van der Waals surface area contributed by atoms with Crippen LogP contribution in [0.25, 0.3) is 0 Å². The lowest BCUT2D eigenvalue weighted by molar-refractivity contribution is -0.121. The van der Waals surface area contributed by atoms with Gasteiger partial charge in [-0.05, 0) is 30.7 Å². The third-order valence-corrected chi connectivity index (χ3v) is 3.47.